The molecule has 16 heavy (non-hydrogen) atoms. The van der Waals surface area contributed by atoms with E-state index >= 15 is 0 Å². The van der Waals surface area contributed by atoms with E-state index in [0.29, 0.717) is 0 Å². The van der Waals surface area contributed by atoms with Gasteiger partial charge in [0.05, 0.1) is 6.42 Å². The van der Waals surface area contributed by atoms with Gasteiger partial charge in [0, 0.05) is 0 Å². The summed E-state index contributed by atoms with van der Waals surface area (Å²) in [7, 11) is 0. The van der Waals surface area contributed by atoms with Crippen LogP contribution in [0.5, 0.6) is 0 Å². The third kappa shape index (κ3) is 2.28. The van der Waals surface area contributed by atoms with Gasteiger partial charge in [0.1, 0.15) is 0 Å². The molecule has 0 radical (unpaired) electrons. The topological polar surface area (TPSA) is 37.3 Å². The van der Waals surface area contributed by atoms with Crippen LogP contribution in [0.3, 0.4) is 0 Å². The molecule has 0 fully saturated rings. The molecule has 1 aliphatic carbocycles. The summed E-state index contributed by atoms with van der Waals surface area (Å²) >= 11 is 0. The summed E-state index contributed by atoms with van der Waals surface area (Å²) < 4.78 is 0. The molecule has 80 valence electrons. The summed E-state index contributed by atoms with van der Waals surface area (Å²) in [6.07, 6.45) is 9.61. The van der Waals surface area contributed by atoms with Crippen LogP contribution in [0.2, 0.25) is 0 Å². The van der Waals surface area contributed by atoms with Gasteiger partial charge in [-0.15, -0.1) is 0 Å². The van der Waals surface area contributed by atoms with Gasteiger partial charge in [-0.3, -0.25) is 4.79 Å². The lowest BCUT2D eigenvalue weighted by Gasteiger charge is -2.00. The maximum Gasteiger partial charge on any atom is 0.307 e. The van der Waals surface area contributed by atoms with Crippen LogP contribution < -0.4 is 10.4 Å². The SMILES string of the molecule is O=C(O)CC1=c2ccccc2=CC=CC=C1. The van der Waals surface area contributed by atoms with Gasteiger partial charge in [0.2, 0.25) is 0 Å². The van der Waals surface area contributed by atoms with Gasteiger partial charge in [0.25, 0.3) is 0 Å². The summed E-state index contributed by atoms with van der Waals surface area (Å²) in [5.41, 5.74) is 0.837. The zero-order chi connectivity index (χ0) is 11.4. The average Bonchev–Trinajstić information content (AvgIpc) is 2.24. The first-order valence-electron chi connectivity index (χ1n) is 5.12. The number of carbonyl (C=O) groups is 1. The molecule has 1 aliphatic rings. The smallest absolute Gasteiger partial charge is 0.307 e. The minimum atomic E-state index is -0.806. The summed E-state index contributed by atoms with van der Waals surface area (Å²) in [6, 6.07) is 7.81. The van der Waals surface area contributed by atoms with Crippen LogP contribution in [0.25, 0.3) is 11.6 Å². The molecule has 0 aromatic heterocycles. The van der Waals surface area contributed by atoms with Crippen molar-refractivity contribution in [1.29, 1.82) is 0 Å². The third-order valence-corrected chi connectivity index (χ3v) is 2.44. The predicted molar refractivity (Wildman–Crippen MR) is 64.1 cm³/mol. The number of carboxylic acids is 1. The van der Waals surface area contributed by atoms with Gasteiger partial charge in [0.15, 0.2) is 0 Å². The Morgan fingerprint density at radius 3 is 2.75 bits per heavy atom. The van der Waals surface area contributed by atoms with Crippen molar-refractivity contribution in [3.05, 3.63) is 59.0 Å². The molecule has 0 amide bonds. The molecule has 2 heteroatoms. The Hall–Kier alpha value is -2.09. The number of allylic oxidation sites excluding steroid dienone is 4. The molecule has 1 N–H and O–H groups in total. The molecule has 0 aliphatic heterocycles. The summed E-state index contributed by atoms with van der Waals surface area (Å²) in [6.45, 7) is 0. The first-order valence-corrected chi connectivity index (χ1v) is 5.12. The van der Waals surface area contributed by atoms with E-state index in [1.807, 2.05) is 54.6 Å². The number of carboxylic acid groups (broad SMARTS) is 1. The van der Waals surface area contributed by atoms with E-state index in [1.165, 1.54) is 0 Å². The minimum Gasteiger partial charge on any atom is -0.481 e. The van der Waals surface area contributed by atoms with Gasteiger partial charge in [-0.25, -0.2) is 0 Å². The van der Waals surface area contributed by atoms with Crippen LogP contribution in [0.1, 0.15) is 6.42 Å². The first kappa shape index (κ1) is 10.4. The number of hydrogen-bond donors (Lipinski definition) is 1. The number of aliphatic carboxylic acids is 1. The standard InChI is InChI=1S/C14H12O2/c15-14(16)10-12-8-3-1-2-6-11-7-4-5-9-13(11)12/h1-9H,10H2,(H,15,16). The predicted octanol–water partition coefficient (Wildman–Crippen LogP) is 1.22. The summed E-state index contributed by atoms with van der Waals surface area (Å²) in [5, 5.41) is 10.9. The molecular weight excluding hydrogens is 200 g/mol. The van der Waals surface area contributed by atoms with E-state index in [9.17, 15) is 4.79 Å². The molecule has 0 heterocycles. The van der Waals surface area contributed by atoms with Crippen molar-refractivity contribution in [2.24, 2.45) is 0 Å². The van der Waals surface area contributed by atoms with Crippen LogP contribution in [0, 0.1) is 0 Å². The quantitative estimate of drug-likeness (QED) is 0.800. The Morgan fingerprint density at radius 1 is 1.12 bits per heavy atom. The molecule has 1 aromatic rings. The minimum absolute atomic E-state index is 0.0508. The molecule has 1 aromatic carbocycles. The van der Waals surface area contributed by atoms with E-state index in [1.54, 1.807) is 0 Å². The Kier molecular flexibility index (Phi) is 3.01. The lowest BCUT2D eigenvalue weighted by Crippen LogP contribution is -2.26. The number of benzene rings is 1. The Bertz CT molecular complexity index is 577. The van der Waals surface area contributed by atoms with Crippen molar-refractivity contribution in [2.75, 3.05) is 0 Å². The fourth-order valence-corrected chi connectivity index (χ4v) is 1.74. The molecule has 0 saturated heterocycles. The second-order valence-corrected chi connectivity index (χ2v) is 3.59. The van der Waals surface area contributed by atoms with Crippen molar-refractivity contribution < 1.29 is 9.90 Å². The van der Waals surface area contributed by atoms with Crippen molar-refractivity contribution in [3.8, 4) is 0 Å². The van der Waals surface area contributed by atoms with Crippen molar-refractivity contribution in [3.63, 3.8) is 0 Å². The maximum absolute atomic E-state index is 10.8. The van der Waals surface area contributed by atoms with Gasteiger partial charge in [-0.2, -0.15) is 0 Å². The third-order valence-electron chi connectivity index (χ3n) is 2.44. The van der Waals surface area contributed by atoms with E-state index < -0.39 is 5.97 Å². The van der Waals surface area contributed by atoms with Crippen LogP contribution in [-0.2, 0) is 4.79 Å². The number of hydrogen-bond acceptors (Lipinski definition) is 1. The number of fused-ring (bicyclic) bond motifs is 1. The fraction of sp³-hybridized carbons (Fsp3) is 0.0714. The lowest BCUT2D eigenvalue weighted by molar-refractivity contribution is -0.135. The molecule has 0 atom stereocenters. The Labute approximate surface area is 93.5 Å². The maximum atomic E-state index is 10.8. The van der Waals surface area contributed by atoms with E-state index in [0.717, 1.165) is 16.0 Å². The van der Waals surface area contributed by atoms with E-state index in [2.05, 4.69) is 0 Å². The van der Waals surface area contributed by atoms with Gasteiger partial charge < -0.3 is 5.11 Å². The van der Waals surface area contributed by atoms with Gasteiger partial charge in [-0.1, -0.05) is 54.6 Å². The Balaban J connectivity index is 2.72. The highest BCUT2D eigenvalue weighted by atomic mass is 16.4. The van der Waals surface area contributed by atoms with Crippen molar-refractivity contribution in [1.82, 2.24) is 0 Å². The van der Waals surface area contributed by atoms with Gasteiger partial charge >= 0.3 is 5.97 Å². The zero-order valence-corrected chi connectivity index (χ0v) is 8.76. The van der Waals surface area contributed by atoms with Crippen LogP contribution in [0.4, 0.5) is 0 Å². The molecule has 2 rings (SSSR count). The second-order valence-electron chi connectivity index (χ2n) is 3.59. The summed E-state index contributed by atoms with van der Waals surface area (Å²) in [5.74, 6) is -0.806. The van der Waals surface area contributed by atoms with Gasteiger partial charge in [-0.05, 0) is 16.0 Å². The van der Waals surface area contributed by atoms with Crippen molar-refractivity contribution >= 4 is 17.6 Å². The molecule has 2 nitrogen and oxygen atoms in total. The monoisotopic (exact) mass is 212 g/mol. The van der Waals surface area contributed by atoms with Crippen molar-refractivity contribution in [2.45, 2.75) is 6.42 Å². The zero-order valence-electron chi connectivity index (χ0n) is 8.76. The highest BCUT2D eigenvalue weighted by Crippen LogP contribution is 2.03. The lowest BCUT2D eigenvalue weighted by atomic mass is 10.0. The van der Waals surface area contributed by atoms with Crippen LogP contribution in [-0.4, -0.2) is 11.1 Å². The highest BCUT2D eigenvalue weighted by molar-refractivity contribution is 5.81. The van der Waals surface area contributed by atoms with Crippen LogP contribution >= 0.6 is 0 Å². The Morgan fingerprint density at radius 2 is 1.94 bits per heavy atom. The molecular formula is C14H12O2. The summed E-state index contributed by atoms with van der Waals surface area (Å²) in [4.78, 5) is 10.8. The largest absolute Gasteiger partial charge is 0.481 e. The van der Waals surface area contributed by atoms with E-state index in [-0.39, 0.29) is 6.42 Å². The highest BCUT2D eigenvalue weighted by Gasteiger charge is 2.02. The average molecular weight is 212 g/mol. The first-order chi connectivity index (χ1) is 7.77. The fourth-order valence-electron chi connectivity index (χ4n) is 1.74. The van der Waals surface area contributed by atoms with Crippen LogP contribution in [0.15, 0.2) is 48.6 Å². The molecule has 0 unspecified atom stereocenters. The number of rotatable bonds is 2. The van der Waals surface area contributed by atoms with E-state index in [4.69, 9.17) is 5.11 Å². The molecule has 0 spiro atoms. The second kappa shape index (κ2) is 4.62. The normalized spacial score (nSPS) is 13.6. The molecule has 0 saturated carbocycles. The molecule has 0 bridgehead atoms.